The van der Waals surface area contributed by atoms with Crippen molar-refractivity contribution < 1.29 is 14.0 Å². The molecule has 4 saturated carbocycles. The Morgan fingerprint density at radius 1 is 1.00 bits per heavy atom. The summed E-state index contributed by atoms with van der Waals surface area (Å²) in [6.45, 7) is 3.55. The zero-order valence-corrected chi connectivity index (χ0v) is 20.2. The smallest absolute Gasteiger partial charge is 0.242 e. The quantitative estimate of drug-likeness (QED) is 0.636. The van der Waals surface area contributed by atoms with Gasteiger partial charge in [-0.2, -0.15) is 0 Å². The number of piperazine rings is 1. The lowest BCUT2D eigenvalue weighted by atomic mass is 9.49. The number of benzene rings is 1. The van der Waals surface area contributed by atoms with Crippen LogP contribution < -0.4 is 5.32 Å². The largest absolute Gasteiger partial charge is 0.347 e. The Morgan fingerprint density at radius 3 is 2.22 bits per heavy atom. The molecule has 6 rings (SSSR count). The summed E-state index contributed by atoms with van der Waals surface area (Å²) in [5, 5.41) is 2.93. The van der Waals surface area contributed by atoms with Gasteiger partial charge in [-0.3, -0.25) is 14.5 Å². The lowest BCUT2D eigenvalue weighted by Crippen LogP contribution is -2.51. The van der Waals surface area contributed by atoms with Gasteiger partial charge in [-0.1, -0.05) is 15.9 Å². The van der Waals surface area contributed by atoms with Crippen LogP contribution in [0.25, 0.3) is 0 Å². The van der Waals surface area contributed by atoms with Crippen molar-refractivity contribution in [3.8, 4) is 0 Å². The molecule has 5 nitrogen and oxygen atoms in total. The second-order valence-electron chi connectivity index (χ2n) is 10.8. The van der Waals surface area contributed by atoms with E-state index in [1.54, 1.807) is 6.07 Å². The highest BCUT2D eigenvalue weighted by atomic mass is 79.9. The molecule has 1 aromatic rings. The fraction of sp³-hybridized carbons (Fsp3) is 0.680. The minimum absolute atomic E-state index is 0.00277. The van der Waals surface area contributed by atoms with Crippen LogP contribution in [0.3, 0.4) is 0 Å². The molecule has 1 N–H and O–H groups in total. The summed E-state index contributed by atoms with van der Waals surface area (Å²) < 4.78 is 14.3. The van der Waals surface area contributed by atoms with Gasteiger partial charge in [0.25, 0.3) is 0 Å². The Hall–Kier alpha value is -1.47. The van der Waals surface area contributed by atoms with Crippen molar-refractivity contribution in [2.75, 3.05) is 32.7 Å². The van der Waals surface area contributed by atoms with E-state index in [0.717, 1.165) is 40.9 Å². The fourth-order valence-electron chi connectivity index (χ4n) is 7.31. The molecule has 1 heterocycles. The summed E-state index contributed by atoms with van der Waals surface area (Å²) in [5.41, 5.74) is 1.13. The monoisotopic (exact) mass is 505 g/mol. The van der Waals surface area contributed by atoms with Gasteiger partial charge >= 0.3 is 0 Å². The van der Waals surface area contributed by atoms with Crippen LogP contribution >= 0.6 is 15.9 Å². The summed E-state index contributed by atoms with van der Waals surface area (Å²) >= 11 is 3.34. The summed E-state index contributed by atoms with van der Waals surface area (Å²) in [4.78, 5) is 29.4. The Labute approximate surface area is 198 Å². The van der Waals surface area contributed by atoms with E-state index in [4.69, 9.17) is 0 Å². The van der Waals surface area contributed by atoms with E-state index in [2.05, 4.69) is 26.1 Å². The highest BCUT2D eigenvalue weighted by Gasteiger charge is 2.51. The van der Waals surface area contributed by atoms with Crippen LogP contribution in [0.2, 0.25) is 0 Å². The van der Waals surface area contributed by atoms with E-state index in [-0.39, 0.29) is 29.6 Å². The molecule has 1 saturated heterocycles. The van der Waals surface area contributed by atoms with Gasteiger partial charge in [0, 0.05) is 43.6 Å². The lowest BCUT2D eigenvalue weighted by molar-refractivity contribution is -0.136. The van der Waals surface area contributed by atoms with E-state index in [1.807, 2.05) is 11.0 Å². The van der Waals surface area contributed by atoms with Gasteiger partial charge in [-0.25, -0.2) is 4.39 Å². The van der Waals surface area contributed by atoms with Gasteiger partial charge in [0.2, 0.25) is 11.8 Å². The van der Waals surface area contributed by atoms with E-state index in [9.17, 15) is 14.0 Å². The van der Waals surface area contributed by atoms with Crippen molar-refractivity contribution >= 4 is 27.7 Å². The number of nitrogens with zero attached hydrogens (tertiary/aromatic N) is 2. The van der Waals surface area contributed by atoms with Crippen molar-refractivity contribution in [2.45, 2.75) is 51.5 Å². The Balaban J connectivity index is 1.05. The standard InChI is InChI=1S/C25H33BrFN3O2/c26-21-8-20(9-22(27)10-21)16-29-1-3-30(4-2-29)24(32)15-28-23(31)14-25-11-17-5-18(12-25)7-19(6-17)13-25/h8-10,17-19H,1-7,11-16H2,(H,28,31). The van der Waals surface area contributed by atoms with Crippen LogP contribution in [0.5, 0.6) is 0 Å². The summed E-state index contributed by atoms with van der Waals surface area (Å²) in [6, 6.07) is 4.94. The first-order valence-electron chi connectivity index (χ1n) is 12.1. The van der Waals surface area contributed by atoms with Crippen LogP contribution in [0.1, 0.15) is 50.5 Å². The van der Waals surface area contributed by atoms with Gasteiger partial charge in [-0.05, 0) is 85.5 Å². The highest BCUT2D eigenvalue weighted by Crippen LogP contribution is 2.61. The molecule has 1 aromatic carbocycles. The number of carbonyl (C=O) groups is 2. The summed E-state index contributed by atoms with van der Waals surface area (Å²) in [7, 11) is 0. The van der Waals surface area contributed by atoms with Crippen LogP contribution in [0.4, 0.5) is 4.39 Å². The molecule has 174 valence electrons. The van der Waals surface area contributed by atoms with Gasteiger partial charge in [0.05, 0.1) is 6.54 Å². The second-order valence-corrected chi connectivity index (χ2v) is 11.7. The topological polar surface area (TPSA) is 52.7 Å². The van der Waals surface area contributed by atoms with Gasteiger partial charge in [0.15, 0.2) is 0 Å². The van der Waals surface area contributed by atoms with Gasteiger partial charge < -0.3 is 10.2 Å². The van der Waals surface area contributed by atoms with E-state index < -0.39 is 0 Å². The van der Waals surface area contributed by atoms with Gasteiger partial charge in [0.1, 0.15) is 5.82 Å². The summed E-state index contributed by atoms with van der Waals surface area (Å²) in [6.07, 6.45) is 8.37. The van der Waals surface area contributed by atoms with Crippen molar-refractivity contribution in [3.63, 3.8) is 0 Å². The molecule has 7 heteroatoms. The molecule has 0 atom stereocenters. The van der Waals surface area contributed by atoms with E-state index >= 15 is 0 Å². The molecule has 4 bridgehead atoms. The lowest BCUT2D eigenvalue weighted by Gasteiger charge is -2.56. The van der Waals surface area contributed by atoms with Crippen molar-refractivity contribution in [3.05, 3.63) is 34.1 Å². The molecular formula is C25H33BrFN3O2. The van der Waals surface area contributed by atoms with Crippen LogP contribution in [0.15, 0.2) is 22.7 Å². The third kappa shape index (κ3) is 5.04. The Morgan fingerprint density at radius 2 is 1.62 bits per heavy atom. The molecule has 0 unspecified atom stereocenters. The molecular weight excluding hydrogens is 473 g/mol. The number of halogens is 2. The van der Waals surface area contributed by atoms with Gasteiger partial charge in [-0.15, -0.1) is 0 Å². The van der Waals surface area contributed by atoms with Crippen molar-refractivity contribution in [1.29, 1.82) is 0 Å². The number of carbonyl (C=O) groups excluding carboxylic acids is 2. The number of rotatable bonds is 6. The van der Waals surface area contributed by atoms with E-state index in [1.165, 1.54) is 44.6 Å². The predicted molar refractivity (Wildman–Crippen MR) is 124 cm³/mol. The molecule has 2 amide bonds. The molecule has 0 spiro atoms. The maximum atomic E-state index is 13.6. The average molecular weight is 506 g/mol. The Bertz CT molecular complexity index is 828. The van der Waals surface area contributed by atoms with Crippen molar-refractivity contribution in [1.82, 2.24) is 15.1 Å². The molecule has 5 fully saturated rings. The van der Waals surface area contributed by atoms with Crippen molar-refractivity contribution in [2.24, 2.45) is 23.2 Å². The summed E-state index contributed by atoms with van der Waals surface area (Å²) in [5.74, 6) is 2.31. The first-order valence-corrected chi connectivity index (χ1v) is 12.9. The zero-order chi connectivity index (χ0) is 22.3. The predicted octanol–water partition coefficient (Wildman–Crippen LogP) is 3.96. The molecule has 5 aliphatic rings. The minimum Gasteiger partial charge on any atom is -0.347 e. The van der Waals surface area contributed by atoms with Crippen LogP contribution in [-0.4, -0.2) is 54.3 Å². The number of nitrogens with one attached hydrogen (secondary N) is 1. The molecule has 0 aromatic heterocycles. The fourth-order valence-corrected chi connectivity index (χ4v) is 7.82. The molecule has 32 heavy (non-hydrogen) atoms. The SMILES string of the molecule is O=C(CC12CC3CC(CC(C3)C1)C2)NCC(=O)N1CCN(Cc2cc(F)cc(Br)c2)CC1. The van der Waals surface area contributed by atoms with E-state index in [0.29, 0.717) is 26.1 Å². The normalized spacial score (nSPS) is 31.7. The number of amides is 2. The first-order chi connectivity index (χ1) is 15.4. The maximum Gasteiger partial charge on any atom is 0.242 e. The zero-order valence-electron chi connectivity index (χ0n) is 18.6. The highest BCUT2D eigenvalue weighted by molar-refractivity contribution is 9.10. The maximum absolute atomic E-state index is 13.6. The Kier molecular flexibility index (Phi) is 6.32. The van der Waals surface area contributed by atoms with Crippen LogP contribution in [-0.2, 0) is 16.1 Å². The first kappa shape index (κ1) is 22.3. The number of hydrogen-bond acceptors (Lipinski definition) is 3. The molecule has 4 aliphatic carbocycles. The third-order valence-corrected chi connectivity index (χ3v) is 8.65. The van der Waals surface area contributed by atoms with Crippen LogP contribution in [0, 0.1) is 29.0 Å². The third-order valence-electron chi connectivity index (χ3n) is 8.19. The average Bonchev–Trinajstić information content (AvgIpc) is 2.70. The number of hydrogen-bond donors (Lipinski definition) is 1. The molecule has 1 aliphatic heterocycles. The molecule has 0 radical (unpaired) electrons. The minimum atomic E-state index is -0.243. The second kappa shape index (κ2) is 9.05.